The number of benzene rings is 1. The third kappa shape index (κ3) is 3.64. The van der Waals surface area contributed by atoms with Crippen LogP contribution in [0.25, 0.3) is 0 Å². The normalized spacial score (nSPS) is 14.7. The smallest absolute Gasteiger partial charge is 0.0133 e. The van der Waals surface area contributed by atoms with E-state index in [-0.39, 0.29) is 0 Å². The lowest BCUT2D eigenvalue weighted by Crippen LogP contribution is -2.34. The summed E-state index contributed by atoms with van der Waals surface area (Å²) < 4.78 is 0. The molecule has 1 N–H and O–H groups in total. The average molecular weight is 219 g/mol. The van der Waals surface area contributed by atoms with Gasteiger partial charge in [-0.05, 0) is 30.9 Å². The molecule has 1 heteroatoms. The second-order valence-corrected chi connectivity index (χ2v) is 4.38. The Morgan fingerprint density at radius 2 is 1.75 bits per heavy atom. The Bertz CT molecular complexity index is 268. The van der Waals surface area contributed by atoms with E-state index in [0.717, 1.165) is 6.54 Å². The molecule has 90 valence electrons. The fourth-order valence-corrected chi connectivity index (χ4v) is 2.44. The highest BCUT2D eigenvalue weighted by Crippen LogP contribution is 2.26. The van der Waals surface area contributed by atoms with Crippen molar-refractivity contribution in [1.82, 2.24) is 5.32 Å². The Kier molecular flexibility index (Phi) is 6.17. The van der Waals surface area contributed by atoms with E-state index in [9.17, 15) is 0 Å². The van der Waals surface area contributed by atoms with Crippen LogP contribution in [0.15, 0.2) is 30.3 Å². The van der Waals surface area contributed by atoms with Gasteiger partial charge in [-0.15, -0.1) is 0 Å². The molecule has 1 nitrogen and oxygen atoms in total. The molecule has 0 spiro atoms. The van der Waals surface area contributed by atoms with Crippen LogP contribution in [0.3, 0.4) is 0 Å². The minimum Gasteiger partial charge on any atom is -0.314 e. The molecule has 0 aliphatic carbocycles. The van der Waals surface area contributed by atoms with E-state index in [1.54, 1.807) is 0 Å². The highest BCUT2D eigenvalue weighted by Gasteiger charge is 2.19. The largest absolute Gasteiger partial charge is 0.314 e. The highest BCUT2D eigenvalue weighted by atomic mass is 14.9. The topological polar surface area (TPSA) is 12.0 Å². The summed E-state index contributed by atoms with van der Waals surface area (Å²) in [5.41, 5.74) is 1.48. The van der Waals surface area contributed by atoms with Gasteiger partial charge in [0.1, 0.15) is 0 Å². The summed E-state index contributed by atoms with van der Waals surface area (Å²) in [7, 11) is 0. The summed E-state index contributed by atoms with van der Waals surface area (Å²) in [6, 6.07) is 11.5. The zero-order valence-corrected chi connectivity index (χ0v) is 10.9. The fraction of sp³-hybridized carbons (Fsp3) is 0.600. The van der Waals surface area contributed by atoms with Gasteiger partial charge >= 0.3 is 0 Å². The monoisotopic (exact) mass is 219 g/mol. The van der Waals surface area contributed by atoms with E-state index in [4.69, 9.17) is 0 Å². The molecule has 1 aromatic carbocycles. The molecule has 0 bridgehead atoms. The summed E-state index contributed by atoms with van der Waals surface area (Å²) in [6.07, 6.45) is 3.73. The van der Waals surface area contributed by atoms with Crippen molar-refractivity contribution in [3.8, 4) is 0 Å². The number of rotatable bonds is 7. The molecule has 0 fully saturated rings. The molecule has 0 aromatic heterocycles. The molecule has 2 unspecified atom stereocenters. The summed E-state index contributed by atoms with van der Waals surface area (Å²) in [5, 5.41) is 3.62. The maximum Gasteiger partial charge on any atom is 0.0133 e. The van der Waals surface area contributed by atoms with Crippen LogP contribution in [-0.4, -0.2) is 12.6 Å². The Labute approximate surface area is 100 Å². The molecule has 0 heterocycles. The van der Waals surface area contributed by atoms with Crippen molar-refractivity contribution in [2.24, 2.45) is 0 Å². The third-order valence-corrected chi connectivity index (χ3v) is 3.22. The molecule has 0 saturated carbocycles. The Balaban J connectivity index is 2.80. The summed E-state index contributed by atoms with van der Waals surface area (Å²) in [4.78, 5) is 0. The quantitative estimate of drug-likeness (QED) is 0.732. The molecular weight excluding hydrogens is 194 g/mol. The third-order valence-electron chi connectivity index (χ3n) is 3.22. The van der Waals surface area contributed by atoms with Gasteiger partial charge in [0, 0.05) is 6.04 Å². The van der Waals surface area contributed by atoms with Crippen molar-refractivity contribution < 1.29 is 0 Å². The van der Waals surface area contributed by atoms with Gasteiger partial charge in [-0.2, -0.15) is 0 Å². The molecule has 2 atom stereocenters. The van der Waals surface area contributed by atoms with Crippen molar-refractivity contribution in [3.63, 3.8) is 0 Å². The van der Waals surface area contributed by atoms with Gasteiger partial charge < -0.3 is 5.32 Å². The van der Waals surface area contributed by atoms with Crippen LogP contribution < -0.4 is 5.32 Å². The molecule has 1 aromatic rings. The lowest BCUT2D eigenvalue weighted by Gasteiger charge is -2.27. The van der Waals surface area contributed by atoms with E-state index in [1.165, 1.54) is 24.8 Å². The summed E-state index contributed by atoms with van der Waals surface area (Å²) in [6.45, 7) is 7.80. The number of hydrogen-bond acceptors (Lipinski definition) is 1. The lowest BCUT2D eigenvalue weighted by molar-refractivity contribution is 0.407. The number of hydrogen-bond donors (Lipinski definition) is 1. The fourth-order valence-electron chi connectivity index (χ4n) is 2.44. The van der Waals surface area contributed by atoms with Crippen LogP contribution in [0.2, 0.25) is 0 Å². The van der Waals surface area contributed by atoms with Crippen LogP contribution in [0.4, 0.5) is 0 Å². The number of nitrogens with one attached hydrogen (secondary N) is 1. The van der Waals surface area contributed by atoms with Gasteiger partial charge in [-0.1, -0.05) is 57.5 Å². The first-order valence-electron chi connectivity index (χ1n) is 6.61. The van der Waals surface area contributed by atoms with E-state index in [0.29, 0.717) is 12.0 Å². The van der Waals surface area contributed by atoms with Gasteiger partial charge in [0.2, 0.25) is 0 Å². The second-order valence-electron chi connectivity index (χ2n) is 4.38. The van der Waals surface area contributed by atoms with Gasteiger partial charge in [0.25, 0.3) is 0 Å². The average Bonchev–Trinajstić information content (AvgIpc) is 2.35. The van der Waals surface area contributed by atoms with Crippen molar-refractivity contribution >= 4 is 0 Å². The first-order valence-corrected chi connectivity index (χ1v) is 6.61. The Morgan fingerprint density at radius 3 is 2.25 bits per heavy atom. The van der Waals surface area contributed by atoms with Crippen molar-refractivity contribution in [1.29, 1.82) is 0 Å². The maximum atomic E-state index is 3.62. The zero-order chi connectivity index (χ0) is 11.8. The molecule has 0 aliphatic heterocycles. The molecule has 1 rings (SSSR count). The molecule has 0 saturated heterocycles. The molecular formula is C15H25N. The van der Waals surface area contributed by atoms with Gasteiger partial charge in [0.15, 0.2) is 0 Å². The molecule has 0 amide bonds. The lowest BCUT2D eigenvalue weighted by atomic mass is 9.86. The second kappa shape index (κ2) is 7.45. The van der Waals surface area contributed by atoms with Gasteiger partial charge in [0.05, 0.1) is 0 Å². The van der Waals surface area contributed by atoms with Gasteiger partial charge in [-0.25, -0.2) is 0 Å². The molecule has 0 aliphatic rings. The summed E-state index contributed by atoms with van der Waals surface area (Å²) in [5.74, 6) is 0.663. The van der Waals surface area contributed by atoms with Crippen LogP contribution in [0, 0.1) is 0 Å². The predicted molar refractivity (Wildman–Crippen MR) is 71.8 cm³/mol. The van der Waals surface area contributed by atoms with Crippen LogP contribution in [0.1, 0.15) is 51.5 Å². The standard InChI is InChI=1S/C15H25N/c1-4-10-14(15(5-2)16-6-3)13-11-8-7-9-12-13/h7-9,11-12,14-16H,4-6,10H2,1-3H3. The molecule has 16 heavy (non-hydrogen) atoms. The van der Waals surface area contributed by atoms with Crippen LogP contribution in [0.5, 0.6) is 0 Å². The van der Waals surface area contributed by atoms with Gasteiger partial charge in [-0.3, -0.25) is 0 Å². The van der Waals surface area contributed by atoms with E-state index in [1.807, 2.05) is 0 Å². The number of likely N-dealkylation sites (N-methyl/N-ethyl adjacent to an activating group) is 1. The van der Waals surface area contributed by atoms with Crippen molar-refractivity contribution in [3.05, 3.63) is 35.9 Å². The van der Waals surface area contributed by atoms with Crippen LogP contribution in [-0.2, 0) is 0 Å². The predicted octanol–water partition coefficient (Wildman–Crippen LogP) is 3.96. The van der Waals surface area contributed by atoms with E-state index < -0.39 is 0 Å². The van der Waals surface area contributed by atoms with Crippen molar-refractivity contribution in [2.45, 2.75) is 52.0 Å². The summed E-state index contributed by atoms with van der Waals surface area (Å²) >= 11 is 0. The van der Waals surface area contributed by atoms with E-state index in [2.05, 4.69) is 56.4 Å². The van der Waals surface area contributed by atoms with Crippen LogP contribution >= 0.6 is 0 Å². The Morgan fingerprint density at radius 1 is 1.06 bits per heavy atom. The zero-order valence-electron chi connectivity index (χ0n) is 10.9. The highest BCUT2D eigenvalue weighted by molar-refractivity contribution is 5.21. The van der Waals surface area contributed by atoms with E-state index >= 15 is 0 Å². The first kappa shape index (κ1) is 13.2. The van der Waals surface area contributed by atoms with Crippen molar-refractivity contribution in [2.75, 3.05) is 6.54 Å². The minimum absolute atomic E-state index is 0.618. The minimum atomic E-state index is 0.618. The molecule has 0 radical (unpaired) electrons. The SMILES string of the molecule is CCCC(c1ccccc1)C(CC)NCC. The maximum absolute atomic E-state index is 3.62. The Hall–Kier alpha value is -0.820. The first-order chi connectivity index (χ1) is 7.83.